The SMILES string of the molecule is CC(n1cncn1)C(F)(c1ccc(OC(F)(F)F)cc1)c1ccc(OC(F)(F)F)cc1. The number of ether oxygens (including phenoxy) is 2. The van der Waals surface area contributed by atoms with Crippen molar-refractivity contribution < 1.29 is 40.2 Å². The first-order chi connectivity index (χ1) is 14.4. The lowest BCUT2D eigenvalue weighted by Crippen LogP contribution is -2.33. The van der Waals surface area contributed by atoms with Gasteiger partial charge in [-0.3, -0.25) is 0 Å². The summed E-state index contributed by atoms with van der Waals surface area (Å²) in [6.07, 6.45) is -7.44. The Hall–Kier alpha value is -3.31. The van der Waals surface area contributed by atoms with Crippen LogP contribution in [0, 0.1) is 0 Å². The van der Waals surface area contributed by atoms with E-state index in [4.69, 9.17) is 0 Å². The molecule has 0 radical (unpaired) electrons. The Morgan fingerprint density at radius 3 is 1.48 bits per heavy atom. The summed E-state index contributed by atoms with van der Waals surface area (Å²) in [6.45, 7) is 1.44. The normalized spacial score (nSPS) is 13.7. The largest absolute Gasteiger partial charge is 0.573 e. The number of nitrogens with zero attached hydrogens (tertiary/aromatic N) is 3. The van der Waals surface area contributed by atoms with Gasteiger partial charge in [-0.1, -0.05) is 24.3 Å². The van der Waals surface area contributed by atoms with Crippen molar-refractivity contribution >= 4 is 0 Å². The first-order valence-electron chi connectivity index (χ1n) is 8.64. The van der Waals surface area contributed by atoms with Crippen molar-refractivity contribution in [3.05, 3.63) is 72.3 Å². The minimum absolute atomic E-state index is 0.0745. The summed E-state index contributed by atoms with van der Waals surface area (Å²) in [5, 5.41) is 3.88. The number of aromatic nitrogens is 3. The van der Waals surface area contributed by atoms with Gasteiger partial charge in [0.05, 0.1) is 6.04 Å². The van der Waals surface area contributed by atoms with Crippen molar-refractivity contribution in [3.63, 3.8) is 0 Å². The molecule has 1 atom stereocenters. The van der Waals surface area contributed by atoms with Gasteiger partial charge in [-0.05, 0) is 42.3 Å². The zero-order valence-corrected chi connectivity index (χ0v) is 15.7. The van der Waals surface area contributed by atoms with E-state index in [1.165, 1.54) is 17.9 Å². The smallest absolute Gasteiger partial charge is 0.406 e. The van der Waals surface area contributed by atoms with Crippen LogP contribution in [0.25, 0.3) is 0 Å². The second-order valence-electron chi connectivity index (χ2n) is 6.41. The molecule has 1 unspecified atom stereocenters. The molecule has 0 aliphatic carbocycles. The molecule has 0 spiro atoms. The number of hydrogen-bond acceptors (Lipinski definition) is 4. The summed E-state index contributed by atoms with van der Waals surface area (Å²) < 4.78 is 99.7. The maximum absolute atomic E-state index is 16.5. The van der Waals surface area contributed by atoms with Gasteiger partial charge in [0.15, 0.2) is 5.67 Å². The van der Waals surface area contributed by atoms with Crippen molar-refractivity contribution in [2.75, 3.05) is 0 Å². The van der Waals surface area contributed by atoms with Crippen molar-refractivity contribution in [2.24, 2.45) is 0 Å². The van der Waals surface area contributed by atoms with E-state index >= 15 is 4.39 Å². The van der Waals surface area contributed by atoms with E-state index in [0.717, 1.165) is 54.9 Å². The second kappa shape index (κ2) is 8.08. The zero-order chi connectivity index (χ0) is 22.9. The highest BCUT2D eigenvalue weighted by Gasteiger charge is 2.42. The van der Waals surface area contributed by atoms with Crippen molar-refractivity contribution in [3.8, 4) is 11.5 Å². The van der Waals surface area contributed by atoms with Gasteiger partial charge in [-0.25, -0.2) is 14.1 Å². The summed E-state index contributed by atoms with van der Waals surface area (Å²) in [4.78, 5) is 3.75. The molecule has 1 heterocycles. The zero-order valence-electron chi connectivity index (χ0n) is 15.7. The predicted octanol–water partition coefficient (Wildman–Crippen LogP) is 5.55. The van der Waals surface area contributed by atoms with E-state index in [0.29, 0.717) is 0 Å². The van der Waals surface area contributed by atoms with Gasteiger partial charge in [0.25, 0.3) is 0 Å². The van der Waals surface area contributed by atoms with Crippen LogP contribution in [0.5, 0.6) is 11.5 Å². The molecule has 5 nitrogen and oxygen atoms in total. The number of rotatable bonds is 6. The Bertz CT molecular complexity index is 926. The summed E-state index contributed by atoms with van der Waals surface area (Å²) in [7, 11) is 0. The average Bonchev–Trinajstić information content (AvgIpc) is 3.20. The van der Waals surface area contributed by atoms with Crippen molar-refractivity contribution in [1.29, 1.82) is 0 Å². The molecule has 0 saturated heterocycles. The molecular formula is C19H14F7N3O2. The number of benzene rings is 2. The summed E-state index contributed by atoms with van der Waals surface area (Å²) in [6, 6.07) is 7.04. The van der Waals surface area contributed by atoms with Crippen LogP contribution in [0.4, 0.5) is 30.7 Å². The fourth-order valence-electron chi connectivity index (χ4n) is 3.05. The minimum Gasteiger partial charge on any atom is -0.406 e. The third kappa shape index (κ3) is 5.25. The second-order valence-corrected chi connectivity index (χ2v) is 6.41. The van der Waals surface area contributed by atoms with Crippen LogP contribution in [0.1, 0.15) is 24.1 Å². The average molecular weight is 449 g/mol. The van der Waals surface area contributed by atoms with Crippen LogP contribution >= 0.6 is 0 Å². The van der Waals surface area contributed by atoms with Crippen molar-refractivity contribution in [2.45, 2.75) is 31.4 Å². The molecule has 0 saturated carbocycles. The Morgan fingerprint density at radius 2 is 1.16 bits per heavy atom. The lowest BCUT2D eigenvalue weighted by molar-refractivity contribution is -0.275. The van der Waals surface area contributed by atoms with E-state index in [-0.39, 0.29) is 11.1 Å². The Balaban J connectivity index is 2.02. The van der Waals surface area contributed by atoms with Crippen LogP contribution in [-0.2, 0) is 5.67 Å². The number of hydrogen-bond donors (Lipinski definition) is 0. The van der Waals surface area contributed by atoms with E-state index in [1.54, 1.807) is 0 Å². The molecule has 166 valence electrons. The number of halogens is 7. The summed E-state index contributed by atoms with van der Waals surface area (Å²) in [5.74, 6) is -1.11. The van der Waals surface area contributed by atoms with Gasteiger partial charge in [0.2, 0.25) is 0 Å². The summed E-state index contributed by atoms with van der Waals surface area (Å²) in [5.41, 5.74) is -2.55. The van der Waals surface area contributed by atoms with E-state index < -0.39 is 35.9 Å². The fraction of sp³-hybridized carbons (Fsp3) is 0.263. The maximum Gasteiger partial charge on any atom is 0.573 e. The molecule has 31 heavy (non-hydrogen) atoms. The summed E-state index contributed by atoms with van der Waals surface area (Å²) >= 11 is 0. The molecular weight excluding hydrogens is 435 g/mol. The molecule has 12 heteroatoms. The fourth-order valence-corrected chi connectivity index (χ4v) is 3.05. The lowest BCUT2D eigenvalue weighted by Gasteiger charge is -2.32. The van der Waals surface area contributed by atoms with E-state index in [1.807, 2.05) is 0 Å². The van der Waals surface area contributed by atoms with E-state index in [2.05, 4.69) is 19.6 Å². The monoisotopic (exact) mass is 449 g/mol. The molecule has 3 aromatic rings. The predicted molar refractivity (Wildman–Crippen MR) is 92.9 cm³/mol. The highest BCUT2D eigenvalue weighted by Crippen LogP contribution is 2.44. The first kappa shape index (κ1) is 22.4. The molecule has 1 aromatic heterocycles. The van der Waals surface area contributed by atoms with Crippen LogP contribution in [-0.4, -0.2) is 27.5 Å². The Morgan fingerprint density at radius 1 is 0.742 bits per heavy atom. The lowest BCUT2D eigenvalue weighted by atomic mass is 9.82. The van der Waals surface area contributed by atoms with Crippen LogP contribution < -0.4 is 9.47 Å². The topological polar surface area (TPSA) is 49.2 Å². The molecule has 2 aromatic carbocycles. The quantitative estimate of drug-likeness (QED) is 0.463. The third-order valence-corrected chi connectivity index (χ3v) is 4.43. The molecule has 0 aliphatic heterocycles. The third-order valence-electron chi connectivity index (χ3n) is 4.43. The van der Waals surface area contributed by atoms with Crippen molar-refractivity contribution in [1.82, 2.24) is 14.8 Å². The van der Waals surface area contributed by atoms with Crippen LogP contribution in [0.2, 0.25) is 0 Å². The maximum atomic E-state index is 16.5. The molecule has 0 amide bonds. The van der Waals surface area contributed by atoms with Crippen LogP contribution in [0.15, 0.2) is 61.2 Å². The highest BCUT2D eigenvalue weighted by molar-refractivity contribution is 5.42. The molecule has 0 fully saturated rings. The first-order valence-corrected chi connectivity index (χ1v) is 8.64. The van der Waals surface area contributed by atoms with Gasteiger partial charge < -0.3 is 9.47 Å². The minimum atomic E-state index is -4.92. The Kier molecular flexibility index (Phi) is 5.83. The van der Waals surface area contributed by atoms with Gasteiger partial charge in [-0.2, -0.15) is 5.10 Å². The van der Waals surface area contributed by atoms with Crippen LogP contribution in [0.3, 0.4) is 0 Å². The van der Waals surface area contributed by atoms with Gasteiger partial charge >= 0.3 is 12.7 Å². The molecule has 0 bridgehead atoms. The molecule has 0 aliphatic rings. The highest BCUT2D eigenvalue weighted by atomic mass is 19.4. The molecule has 3 rings (SSSR count). The standard InChI is InChI=1S/C19H14F7N3O2/c1-12(29-11-27-10-28-29)17(20,13-2-6-15(7-3-13)30-18(21,22)23)14-4-8-16(9-5-14)31-19(24,25)26/h2-12H,1H3. The number of alkyl halides is 7. The van der Waals surface area contributed by atoms with Gasteiger partial charge in [-0.15, -0.1) is 26.3 Å². The van der Waals surface area contributed by atoms with Gasteiger partial charge in [0, 0.05) is 0 Å². The molecule has 0 N–H and O–H groups in total. The Labute approximate surface area is 171 Å². The van der Waals surface area contributed by atoms with E-state index in [9.17, 15) is 26.3 Å². The van der Waals surface area contributed by atoms with Gasteiger partial charge in [0.1, 0.15) is 24.2 Å².